The standard InChI is InChI=1S/C21H20N2O4/c1-13-9-15(7-8-18(24)25)19-16(20(26)21(22)27)12-23(17(19)10-13)11-14-5-3-2-4-6-14/h2-6,9-10,12H,7-8,11H2,1H3,(H2,22,27)(H,24,25). The lowest BCUT2D eigenvalue weighted by Crippen LogP contribution is -2.23. The van der Waals surface area contributed by atoms with Gasteiger partial charge >= 0.3 is 5.97 Å². The Kier molecular flexibility index (Phi) is 5.07. The molecule has 0 bridgehead atoms. The van der Waals surface area contributed by atoms with Crippen LogP contribution in [0, 0.1) is 6.92 Å². The van der Waals surface area contributed by atoms with Gasteiger partial charge in [-0.05, 0) is 36.1 Å². The van der Waals surface area contributed by atoms with Crippen LogP contribution in [0.4, 0.5) is 0 Å². The molecule has 0 radical (unpaired) electrons. The van der Waals surface area contributed by atoms with Crippen LogP contribution in [-0.2, 0) is 22.6 Å². The molecule has 0 spiro atoms. The normalized spacial score (nSPS) is 10.9. The van der Waals surface area contributed by atoms with E-state index in [0.29, 0.717) is 11.9 Å². The molecule has 0 saturated heterocycles. The number of primary amides is 1. The van der Waals surface area contributed by atoms with E-state index < -0.39 is 17.7 Å². The van der Waals surface area contributed by atoms with E-state index >= 15 is 0 Å². The number of benzene rings is 2. The quantitative estimate of drug-likeness (QED) is 0.497. The summed E-state index contributed by atoms with van der Waals surface area (Å²) in [6, 6.07) is 13.5. The number of hydrogen-bond acceptors (Lipinski definition) is 3. The summed E-state index contributed by atoms with van der Waals surface area (Å²) in [6.07, 6.45) is 1.84. The van der Waals surface area contributed by atoms with Gasteiger partial charge in [0.1, 0.15) is 0 Å². The number of aromatic nitrogens is 1. The molecule has 0 aliphatic carbocycles. The molecule has 138 valence electrons. The van der Waals surface area contributed by atoms with Crippen LogP contribution in [0.25, 0.3) is 10.9 Å². The van der Waals surface area contributed by atoms with Gasteiger partial charge in [-0.2, -0.15) is 0 Å². The van der Waals surface area contributed by atoms with Crippen molar-refractivity contribution in [2.45, 2.75) is 26.3 Å². The van der Waals surface area contributed by atoms with Gasteiger partial charge in [-0.15, -0.1) is 0 Å². The molecule has 0 saturated carbocycles. The number of Topliss-reactive ketones (excluding diaryl/α,β-unsaturated/α-hetero) is 1. The van der Waals surface area contributed by atoms with Crippen LogP contribution in [0.3, 0.4) is 0 Å². The van der Waals surface area contributed by atoms with E-state index in [1.807, 2.05) is 54.0 Å². The van der Waals surface area contributed by atoms with Crippen LogP contribution in [0.2, 0.25) is 0 Å². The minimum absolute atomic E-state index is 0.0629. The Morgan fingerprint density at radius 3 is 2.44 bits per heavy atom. The summed E-state index contributed by atoms with van der Waals surface area (Å²) in [5.41, 5.74) is 8.95. The highest BCUT2D eigenvalue weighted by Crippen LogP contribution is 2.29. The summed E-state index contributed by atoms with van der Waals surface area (Å²) in [5.74, 6) is -2.72. The van der Waals surface area contributed by atoms with Crippen LogP contribution in [-0.4, -0.2) is 27.3 Å². The summed E-state index contributed by atoms with van der Waals surface area (Å²) < 4.78 is 1.90. The molecule has 0 unspecified atom stereocenters. The van der Waals surface area contributed by atoms with Crippen LogP contribution in [0.15, 0.2) is 48.7 Å². The van der Waals surface area contributed by atoms with Crippen LogP contribution >= 0.6 is 0 Å². The number of ketones is 1. The Bertz CT molecular complexity index is 1040. The van der Waals surface area contributed by atoms with Gasteiger partial charge in [0.2, 0.25) is 0 Å². The maximum absolute atomic E-state index is 12.4. The molecule has 27 heavy (non-hydrogen) atoms. The fraction of sp³-hybridized carbons (Fsp3) is 0.190. The van der Waals surface area contributed by atoms with E-state index in [-0.39, 0.29) is 18.4 Å². The minimum Gasteiger partial charge on any atom is -0.481 e. The van der Waals surface area contributed by atoms with Gasteiger partial charge in [-0.25, -0.2) is 0 Å². The Balaban J connectivity index is 2.20. The van der Waals surface area contributed by atoms with E-state index in [0.717, 1.165) is 22.2 Å². The molecule has 0 fully saturated rings. The lowest BCUT2D eigenvalue weighted by atomic mass is 9.98. The molecule has 0 aliphatic rings. The van der Waals surface area contributed by atoms with Crippen molar-refractivity contribution in [3.05, 3.63) is 70.9 Å². The monoisotopic (exact) mass is 364 g/mol. The van der Waals surface area contributed by atoms with Gasteiger partial charge < -0.3 is 15.4 Å². The second-order valence-corrected chi connectivity index (χ2v) is 6.56. The third kappa shape index (κ3) is 3.89. The molecule has 0 atom stereocenters. The average Bonchev–Trinajstić information content (AvgIpc) is 2.98. The number of aryl methyl sites for hydroxylation is 2. The molecule has 3 rings (SSSR count). The number of nitrogens with two attached hydrogens (primary N) is 1. The predicted octanol–water partition coefficient (Wildman–Crippen LogP) is 2.68. The van der Waals surface area contributed by atoms with Crippen LogP contribution < -0.4 is 5.73 Å². The number of aliphatic carboxylic acids is 1. The summed E-state index contributed by atoms with van der Waals surface area (Å²) in [4.78, 5) is 34.9. The summed E-state index contributed by atoms with van der Waals surface area (Å²) in [7, 11) is 0. The van der Waals surface area contributed by atoms with Crippen molar-refractivity contribution < 1.29 is 19.5 Å². The number of carboxylic acid groups (broad SMARTS) is 1. The van der Waals surface area contributed by atoms with E-state index in [9.17, 15) is 14.4 Å². The second-order valence-electron chi connectivity index (χ2n) is 6.56. The number of rotatable bonds is 7. The molecular weight excluding hydrogens is 344 g/mol. The fourth-order valence-electron chi connectivity index (χ4n) is 3.32. The van der Waals surface area contributed by atoms with E-state index in [1.54, 1.807) is 6.20 Å². The molecule has 6 nitrogen and oxygen atoms in total. The Hall–Kier alpha value is -3.41. The van der Waals surface area contributed by atoms with Crippen molar-refractivity contribution in [3.63, 3.8) is 0 Å². The van der Waals surface area contributed by atoms with Gasteiger partial charge in [0.15, 0.2) is 0 Å². The number of fused-ring (bicyclic) bond motifs is 1. The van der Waals surface area contributed by atoms with Gasteiger partial charge in [0, 0.05) is 30.1 Å². The molecular formula is C21H20N2O4. The topological polar surface area (TPSA) is 102 Å². The highest BCUT2D eigenvalue weighted by Gasteiger charge is 2.22. The second kappa shape index (κ2) is 7.45. The predicted molar refractivity (Wildman–Crippen MR) is 102 cm³/mol. The fourth-order valence-corrected chi connectivity index (χ4v) is 3.32. The Labute approximate surface area is 156 Å². The first-order valence-electron chi connectivity index (χ1n) is 8.59. The first kappa shape index (κ1) is 18.4. The summed E-state index contributed by atoms with van der Waals surface area (Å²) >= 11 is 0. The maximum atomic E-state index is 12.4. The third-order valence-corrected chi connectivity index (χ3v) is 4.48. The highest BCUT2D eigenvalue weighted by atomic mass is 16.4. The number of amides is 1. The smallest absolute Gasteiger partial charge is 0.303 e. The molecule has 3 N–H and O–H groups in total. The molecule has 1 aromatic heterocycles. The molecule has 6 heteroatoms. The number of nitrogens with zero attached hydrogens (tertiary/aromatic N) is 1. The van der Waals surface area contributed by atoms with Crippen molar-refractivity contribution in [2.24, 2.45) is 5.73 Å². The molecule has 0 aliphatic heterocycles. The highest BCUT2D eigenvalue weighted by molar-refractivity contribution is 6.44. The van der Waals surface area contributed by atoms with E-state index in [1.165, 1.54) is 0 Å². The zero-order valence-electron chi connectivity index (χ0n) is 14.9. The minimum atomic E-state index is -1.03. The lowest BCUT2D eigenvalue weighted by Gasteiger charge is -2.09. The average molecular weight is 364 g/mol. The van der Waals surface area contributed by atoms with Crippen LogP contribution in [0.5, 0.6) is 0 Å². The lowest BCUT2D eigenvalue weighted by molar-refractivity contribution is -0.137. The third-order valence-electron chi connectivity index (χ3n) is 4.48. The molecule has 3 aromatic rings. The summed E-state index contributed by atoms with van der Waals surface area (Å²) in [5, 5.41) is 9.64. The molecule has 1 amide bonds. The Morgan fingerprint density at radius 2 is 1.81 bits per heavy atom. The number of carboxylic acids is 1. The molecule has 1 heterocycles. The SMILES string of the molecule is Cc1cc(CCC(=O)O)c2c(C(=O)C(N)=O)cn(Cc3ccccc3)c2c1. The number of hydrogen-bond donors (Lipinski definition) is 2. The van der Waals surface area contributed by atoms with Crippen LogP contribution in [0.1, 0.15) is 33.5 Å². The van der Waals surface area contributed by atoms with Gasteiger partial charge in [-0.1, -0.05) is 36.4 Å². The zero-order valence-corrected chi connectivity index (χ0v) is 14.9. The van der Waals surface area contributed by atoms with E-state index in [2.05, 4.69) is 0 Å². The van der Waals surface area contributed by atoms with Gasteiger partial charge in [0.25, 0.3) is 11.7 Å². The summed E-state index contributed by atoms with van der Waals surface area (Å²) in [6.45, 7) is 2.43. The van der Waals surface area contributed by atoms with Gasteiger partial charge in [0.05, 0.1) is 5.56 Å². The van der Waals surface area contributed by atoms with Crippen molar-refractivity contribution >= 4 is 28.6 Å². The molecule has 2 aromatic carbocycles. The van der Waals surface area contributed by atoms with E-state index in [4.69, 9.17) is 10.8 Å². The van der Waals surface area contributed by atoms with Crippen molar-refractivity contribution in [1.82, 2.24) is 4.57 Å². The number of carbonyl (C=O) groups is 3. The maximum Gasteiger partial charge on any atom is 0.303 e. The van der Waals surface area contributed by atoms with Gasteiger partial charge in [-0.3, -0.25) is 14.4 Å². The number of carbonyl (C=O) groups excluding carboxylic acids is 2. The largest absolute Gasteiger partial charge is 0.481 e. The first-order valence-corrected chi connectivity index (χ1v) is 8.59. The Morgan fingerprint density at radius 1 is 1.11 bits per heavy atom. The first-order chi connectivity index (χ1) is 12.9. The van der Waals surface area contributed by atoms with Crippen molar-refractivity contribution in [2.75, 3.05) is 0 Å². The van der Waals surface area contributed by atoms with Crippen molar-refractivity contribution in [3.8, 4) is 0 Å². The van der Waals surface area contributed by atoms with Crippen molar-refractivity contribution in [1.29, 1.82) is 0 Å². The zero-order chi connectivity index (χ0) is 19.6.